The second-order valence-electron chi connectivity index (χ2n) is 8.06. The summed E-state index contributed by atoms with van der Waals surface area (Å²) in [7, 11) is 0. The van der Waals surface area contributed by atoms with Gasteiger partial charge in [0.1, 0.15) is 5.76 Å². The smallest absolute Gasteiger partial charge is 0.266 e. The SMILES string of the molecule is Cc1ocnc1CN1CCC(Cn2nc(C(C)(C)C)ccc2=O)CC1. The minimum Gasteiger partial charge on any atom is -0.448 e. The highest BCUT2D eigenvalue weighted by Crippen LogP contribution is 2.22. The Bertz CT molecular complexity index is 764. The number of hydrogen-bond donors (Lipinski definition) is 0. The average molecular weight is 344 g/mol. The van der Waals surface area contributed by atoms with Gasteiger partial charge in [0.05, 0.1) is 11.4 Å². The molecule has 6 nitrogen and oxygen atoms in total. The normalized spacial score (nSPS) is 17.1. The summed E-state index contributed by atoms with van der Waals surface area (Å²) in [5.41, 5.74) is 1.93. The van der Waals surface area contributed by atoms with E-state index in [-0.39, 0.29) is 11.0 Å². The molecule has 6 heteroatoms. The highest BCUT2D eigenvalue weighted by Gasteiger charge is 2.22. The van der Waals surface area contributed by atoms with Gasteiger partial charge in [-0.15, -0.1) is 0 Å². The fourth-order valence-electron chi connectivity index (χ4n) is 3.24. The Morgan fingerprint density at radius 2 is 1.96 bits per heavy atom. The van der Waals surface area contributed by atoms with Crippen LogP contribution < -0.4 is 5.56 Å². The summed E-state index contributed by atoms with van der Waals surface area (Å²) in [6, 6.07) is 3.50. The van der Waals surface area contributed by atoms with Crippen LogP contribution in [0, 0.1) is 12.8 Å². The van der Waals surface area contributed by atoms with Crippen LogP contribution in [0.15, 0.2) is 27.7 Å². The lowest BCUT2D eigenvalue weighted by Crippen LogP contribution is -2.37. The quantitative estimate of drug-likeness (QED) is 0.853. The minimum atomic E-state index is -0.0474. The van der Waals surface area contributed by atoms with Gasteiger partial charge in [-0.2, -0.15) is 5.10 Å². The van der Waals surface area contributed by atoms with Crippen molar-refractivity contribution in [2.75, 3.05) is 13.1 Å². The second kappa shape index (κ2) is 7.12. The third-order valence-electron chi connectivity index (χ3n) is 4.99. The zero-order valence-electron chi connectivity index (χ0n) is 15.7. The van der Waals surface area contributed by atoms with Crippen LogP contribution in [0.25, 0.3) is 0 Å². The fourth-order valence-corrected chi connectivity index (χ4v) is 3.24. The molecule has 0 radical (unpaired) electrons. The van der Waals surface area contributed by atoms with Gasteiger partial charge >= 0.3 is 0 Å². The lowest BCUT2D eigenvalue weighted by atomic mass is 9.92. The molecule has 0 N–H and O–H groups in total. The Balaban J connectivity index is 1.59. The van der Waals surface area contributed by atoms with Gasteiger partial charge in [-0.25, -0.2) is 9.67 Å². The second-order valence-corrected chi connectivity index (χ2v) is 8.06. The molecule has 0 aliphatic carbocycles. The molecule has 0 saturated carbocycles. The molecule has 1 saturated heterocycles. The summed E-state index contributed by atoms with van der Waals surface area (Å²) in [5.74, 6) is 1.40. The molecule has 0 unspecified atom stereocenters. The van der Waals surface area contributed by atoms with Gasteiger partial charge < -0.3 is 4.42 Å². The van der Waals surface area contributed by atoms with E-state index in [9.17, 15) is 4.79 Å². The predicted octanol–water partition coefficient (Wildman–Crippen LogP) is 2.75. The Kier molecular flexibility index (Phi) is 5.08. The van der Waals surface area contributed by atoms with Crippen LogP contribution in [0.4, 0.5) is 0 Å². The van der Waals surface area contributed by atoms with E-state index in [1.807, 2.05) is 13.0 Å². The summed E-state index contributed by atoms with van der Waals surface area (Å²) in [5, 5.41) is 4.60. The predicted molar refractivity (Wildman–Crippen MR) is 96.4 cm³/mol. The van der Waals surface area contributed by atoms with Crippen molar-refractivity contribution >= 4 is 0 Å². The molecule has 2 aromatic heterocycles. The van der Waals surface area contributed by atoms with E-state index in [0.29, 0.717) is 12.5 Å². The molecule has 1 fully saturated rings. The fraction of sp³-hybridized carbons (Fsp3) is 0.632. The van der Waals surface area contributed by atoms with Crippen molar-refractivity contribution in [2.45, 2.75) is 59.0 Å². The van der Waals surface area contributed by atoms with Gasteiger partial charge in [0.15, 0.2) is 6.39 Å². The summed E-state index contributed by atoms with van der Waals surface area (Å²) >= 11 is 0. The van der Waals surface area contributed by atoms with Gasteiger partial charge in [0.25, 0.3) is 5.56 Å². The standard InChI is InChI=1S/C19H28N4O2/c1-14-16(20-13-25-14)12-22-9-7-15(8-10-22)11-23-18(24)6-5-17(21-23)19(2,3)4/h5-6,13,15H,7-12H2,1-4H3. The third kappa shape index (κ3) is 4.37. The molecule has 3 rings (SSSR count). The van der Waals surface area contributed by atoms with E-state index in [1.54, 1.807) is 10.7 Å². The molecular weight excluding hydrogens is 316 g/mol. The number of likely N-dealkylation sites (tertiary alicyclic amines) is 1. The number of aromatic nitrogens is 3. The lowest BCUT2D eigenvalue weighted by Gasteiger charge is -2.31. The van der Waals surface area contributed by atoms with E-state index in [2.05, 4.69) is 35.8 Å². The van der Waals surface area contributed by atoms with Gasteiger partial charge in [-0.1, -0.05) is 20.8 Å². The van der Waals surface area contributed by atoms with Gasteiger partial charge in [0.2, 0.25) is 0 Å². The van der Waals surface area contributed by atoms with Crippen LogP contribution in [0.5, 0.6) is 0 Å². The van der Waals surface area contributed by atoms with E-state index < -0.39 is 0 Å². The van der Waals surface area contributed by atoms with Crippen LogP contribution in [-0.2, 0) is 18.5 Å². The summed E-state index contributed by atoms with van der Waals surface area (Å²) in [6.07, 6.45) is 3.66. The van der Waals surface area contributed by atoms with Crippen molar-refractivity contribution in [3.8, 4) is 0 Å². The Morgan fingerprint density at radius 1 is 1.24 bits per heavy atom. The summed E-state index contributed by atoms with van der Waals surface area (Å²) in [4.78, 5) is 18.8. The van der Waals surface area contributed by atoms with Gasteiger partial charge in [-0.3, -0.25) is 9.69 Å². The molecule has 0 bridgehead atoms. The van der Waals surface area contributed by atoms with Gasteiger partial charge in [0, 0.05) is 24.6 Å². The topological polar surface area (TPSA) is 64.2 Å². The van der Waals surface area contributed by atoms with Crippen molar-refractivity contribution in [3.05, 3.63) is 46.0 Å². The monoisotopic (exact) mass is 344 g/mol. The Hall–Kier alpha value is -1.95. The highest BCUT2D eigenvalue weighted by atomic mass is 16.3. The molecular formula is C19H28N4O2. The molecule has 25 heavy (non-hydrogen) atoms. The number of oxazole rings is 1. The van der Waals surface area contributed by atoms with E-state index >= 15 is 0 Å². The maximum Gasteiger partial charge on any atom is 0.266 e. The molecule has 0 spiro atoms. The first kappa shape index (κ1) is 17.9. The van der Waals surface area contributed by atoms with Crippen molar-refractivity contribution in [1.29, 1.82) is 0 Å². The molecule has 2 aromatic rings. The molecule has 1 aliphatic heterocycles. The Labute approximate surface area is 148 Å². The van der Waals surface area contributed by atoms with Crippen LogP contribution in [0.1, 0.15) is 50.8 Å². The number of hydrogen-bond acceptors (Lipinski definition) is 5. The molecule has 136 valence electrons. The van der Waals surface area contributed by atoms with Crippen LogP contribution in [0.2, 0.25) is 0 Å². The van der Waals surface area contributed by atoms with E-state index in [1.165, 1.54) is 6.39 Å². The number of aryl methyl sites for hydroxylation is 1. The molecule has 1 aliphatic rings. The molecule has 0 aromatic carbocycles. The maximum atomic E-state index is 12.2. The molecule has 3 heterocycles. The number of rotatable bonds is 4. The van der Waals surface area contributed by atoms with Crippen molar-refractivity contribution in [1.82, 2.24) is 19.7 Å². The molecule has 0 atom stereocenters. The van der Waals surface area contributed by atoms with Crippen molar-refractivity contribution in [3.63, 3.8) is 0 Å². The van der Waals surface area contributed by atoms with E-state index in [0.717, 1.165) is 49.6 Å². The third-order valence-corrected chi connectivity index (χ3v) is 4.99. The lowest BCUT2D eigenvalue weighted by molar-refractivity contribution is 0.161. The minimum absolute atomic E-state index is 0.00588. The average Bonchev–Trinajstić information content (AvgIpc) is 2.95. The zero-order chi connectivity index (χ0) is 18.0. The molecule has 0 amide bonds. The number of piperidine rings is 1. The van der Waals surface area contributed by atoms with Gasteiger partial charge in [-0.05, 0) is 44.8 Å². The number of nitrogens with zero attached hydrogens (tertiary/aromatic N) is 4. The summed E-state index contributed by atoms with van der Waals surface area (Å²) < 4.78 is 6.93. The van der Waals surface area contributed by atoms with Crippen LogP contribution in [0.3, 0.4) is 0 Å². The van der Waals surface area contributed by atoms with Crippen LogP contribution in [-0.4, -0.2) is 32.8 Å². The first-order valence-electron chi connectivity index (χ1n) is 9.03. The van der Waals surface area contributed by atoms with Crippen molar-refractivity contribution < 1.29 is 4.42 Å². The first-order chi connectivity index (χ1) is 11.8. The largest absolute Gasteiger partial charge is 0.448 e. The van der Waals surface area contributed by atoms with Crippen LogP contribution >= 0.6 is 0 Å². The summed E-state index contributed by atoms with van der Waals surface area (Å²) in [6.45, 7) is 11.9. The van der Waals surface area contributed by atoms with Crippen molar-refractivity contribution in [2.24, 2.45) is 5.92 Å². The zero-order valence-corrected chi connectivity index (χ0v) is 15.7. The maximum absolute atomic E-state index is 12.2. The first-order valence-corrected chi connectivity index (χ1v) is 9.03. The highest BCUT2D eigenvalue weighted by molar-refractivity contribution is 5.10. The van der Waals surface area contributed by atoms with E-state index in [4.69, 9.17) is 4.42 Å². The Morgan fingerprint density at radius 3 is 2.56 bits per heavy atom.